The standard InChI is InChI=1S/C20H32N4O2/c1-4-24-14(2)11-17(15(24)3)20(26)23-10-6-7-16(13-23)12-22-19(25)18-8-5-9-21-18/h11,16,18,21H,4-10,12-13H2,1-3H3,(H,22,25). The molecular formula is C20H32N4O2. The Morgan fingerprint density at radius 2 is 2.08 bits per heavy atom. The molecule has 2 aliphatic heterocycles. The topological polar surface area (TPSA) is 66.4 Å². The molecule has 6 nitrogen and oxygen atoms in total. The van der Waals surface area contributed by atoms with E-state index < -0.39 is 0 Å². The Bertz CT molecular complexity index is 661. The molecule has 2 saturated heterocycles. The molecule has 1 aromatic heterocycles. The number of carbonyl (C=O) groups excluding carboxylic acids is 2. The molecule has 6 heteroatoms. The molecule has 0 aromatic carbocycles. The van der Waals surface area contributed by atoms with Crippen molar-refractivity contribution in [3.8, 4) is 0 Å². The maximum Gasteiger partial charge on any atom is 0.255 e. The summed E-state index contributed by atoms with van der Waals surface area (Å²) in [7, 11) is 0. The SMILES string of the molecule is CCn1c(C)cc(C(=O)N2CCCC(CNC(=O)C3CCCN3)C2)c1C. The average molecular weight is 361 g/mol. The highest BCUT2D eigenvalue weighted by atomic mass is 16.2. The van der Waals surface area contributed by atoms with Crippen molar-refractivity contribution in [1.82, 2.24) is 20.1 Å². The van der Waals surface area contributed by atoms with Gasteiger partial charge in [-0.05, 0) is 65.0 Å². The van der Waals surface area contributed by atoms with Crippen molar-refractivity contribution in [1.29, 1.82) is 0 Å². The highest BCUT2D eigenvalue weighted by molar-refractivity contribution is 5.95. The number of nitrogens with one attached hydrogen (secondary N) is 2. The lowest BCUT2D eigenvalue weighted by atomic mass is 9.97. The van der Waals surface area contributed by atoms with Crippen LogP contribution in [0.4, 0.5) is 0 Å². The number of piperidine rings is 1. The van der Waals surface area contributed by atoms with Gasteiger partial charge < -0.3 is 20.1 Å². The second kappa shape index (κ2) is 8.25. The fourth-order valence-electron chi connectivity index (χ4n) is 4.37. The number of nitrogens with zero attached hydrogens (tertiary/aromatic N) is 2. The highest BCUT2D eigenvalue weighted by Crippen LogP contribution is 2.22. The molecule has 1 aromatic rings. The van der Waals surface area contributed by atoms with E-state index in [1.807, 2.05) is 17.9 Å². The van der Waals surface area contributed by atoms with Gasteiger partial charge in [-0.25, -0.2) is 0 Å². The average Bonchev–Trinajstić information content (AvgIpc) is 3.27. The van der Waals surface area contributed by atoms with Gasteiger partial charge >= 0.3 is 0 Å². The summed E-state index contributed by atoms with van der Waals surface area (Å²) in [5.41, 5.74) is 3.01. The van der Waals surface area contributed by atoms with Gasteiger partial charge in [0.2, 0.25) is 5.91 Å². The molecule has 2 aliphatic rings. The van der Waals surface area contributed by atoms with Crippen LogP contribution in [0.2, 0.25) is 0 Å². The maximum absolute atomic E-state index is 13.0. The first-order valence-corrected chi connectivity index (χ1v) is 9.98. The lowest BCUT2D eigenvalue weighted by Gasteiger charge is -2.33. The third-order valence-electron chi connectivity index (χ3n) is 5.87. The summed E-state index contributed by atoms with van der Waals surface area (Å²) in [5, 5.41) is 6.32. The van der Waals surface area contributed by atoms with E-state index in [9.17, 15) is 9.59 Å². The van der Waals surface area contributed by atoms with Crippen LogP contribution < -0.4 is 10.6 Å². The fraction of sp³-hybridized carbons (Fsp3) is 0.700. The lowest BCUT2D eigenvalue weighted by Crippen LogP contribution is -2.46. The van der Waals surface area contributed by atoms with Crippen molar-refractivity contribution >= 4 is 11.8 Å². The Hall–Kier alpha value is -1.82. The van der Waals surface area contributed by atoms with Gasteiger partial charge in [-0.15, -0.1) is 0 Å². The number of carbonyl (C=O) groups is 2. The van der Waals surface area contributed by atoms with Crippen LogP contribution in [-0.4, -0.2) is 53.5 Å². The summed E-state index contributed by atoms with van der Waals surface area (Å²) in [6.45, 7) is 10.2. The van der Waals surface area contributed by atoms with Crippen molar-refractivity contribution in [2.75, 3.05) is 26.2 Å². The normalized spacial score (nSPS) is 23.3. The van der Waals surface area contributed by atoms with Gasteiger partial charge in [-0.3, -0.25) is 9.59 Å². The zero-order chi connectivity index (χ0) is 18.7. The summed E-state index contributed by atoms with van der Waals surface area (Å²) in [6, 6.07) is 1.98. The molecule has 2 unspecified atom stereocenters. The molecule has 3 rings (SSSR count). The van der Waals surface area contributed by atoms with Crippen LogP contribution in [0.3, 0.4) is 0 Å². The van der Waals surface area contributed by atoms with Crippen molar-refractivity contribution in [3.05, 3.63) is 23.0 Å². The quantitative estimate of drug-likeness (QED) is 0.842. The molecule has 2 atom stereocenters. The molecule has 0 saturated carbocycles. The largest absolute Gasteiger partial charge is 0.354 e. The number of rotatable bonds is 5. The molecule has 3 heterocycles. The number of hydrogen-bond donors (Lipinski definition) is 2. The molecule has 26 heavy (non-hydrogen) atoms. The first kappa shape index (κ1) is 19.0. The second-order valence-corrected chi connectivity index (χ2v) is 7.68. The summed E-state index contributed by atoms with van der Waals surface area (Å²) >= 11 is 0. The van der Waals surface area contributed by atoms with Gasteiger partial charge in [-0.1, -0.05) is 0 Å². The molecule has 0 aliphatic carbocycles. The lowest BCUT2D eigenvalue weighted by molar-refractivity contribution is -0.123. The van der Waals surface area contributed by atoms with Crippen LogP contribution in [0.15, 0.2) is 6.07 Å². The van der Waals surface area contributed by atoms with Crippen molar-refractivity contribution in [3.63, 3.8) is 0 Å². The van der Waals surface area contributed by atoms with E-state index >= 15 is 0 Å². The van der Waals surface area contributed by atoms with E-state index in [1.165, 1.54) is 0 Å². The number of likely N-dealkylation sites (tertiary alicyclic amines) is 1. The van der Waals surface area contributed by atoms with E-state index in [2.05, 4.69) is 29.0 Å². The number of aryl methyl sites for hydroxylation is 1. The second-order valence-electron chi connectivity index (χ2n) is 7.68. The Morgan fingerprint density at radius 1 is 1.27 bits per heavy atom. The Labute approximate surface area is 156 Å². The van der Waals surface area contributed by atoms with Crippen LogP contribution in [0.1, 0.15) is 54.4 Å². The third-order valence-corrected chi connectivity index (χ3v) is 5.87. The summed E-state index contributed by atoms with van der Waals surface area (Å²) in [5.74, 6) is 0.580. The zero-order valence-corrected chi connectivity index (χ0v) is 16.3. The van der Waals surface area contributed by atoms with Crippen LogP contribution in [0, 0.1) is 19.8 Å². The van der Waals surface area contributed by atoms with Gasteiger partial charge in [0.25, 0.3) is 5.91 Å². The molecule has 0 spiro atoms. The van der Waals surface area contributed by atoms with Gasteiger partial charge in [0.05, 0.1) is 11.6 Å². The van der Waals surface area contributed by atoms with E-state index in [0.717, 1.165) is 68.8 Å². The van der Waals surface area contributed by atoms with Crippen LogP contribution in [0.5, 0.6) is 0 Å². The third kappa shape index (κ3) is 3.95. The van der Waals surface area contributed by atoms with Gasteiger partial charge in [0.1, 0.15) is 0 Å². The molecular weight excluding hydrogens is 328 g/mol. The summed E-state index contributed by atoms with van der Waals surface area (Å²) in [6.07, 6.45) is 4.06. The van der Waals surface area contributed by atoms with Gasteiger partial charge in [0.15, 0.2) is 0 Å². The first-order valence-electron chi connectivity index (χ1n) is 9.98. The van der Waals surface area contributed by atoms with E-state index in [0.29, 0.717) is 12.5 Å². The first-order chi connectivity index (χ1) is 12.5. The van der Waals surface area contributed by atoms with E-state index in [1.54, 1.807) is 0 Å². The minimum atomic E-state index is -0.0317. The minimum Gasteiger partial charge on any atom is -0.354 e. The molecule has 0 radical (unpaired) electrons. The predicted molar refractivity (Wildman–Crippen MR) is 102 cm³/mol. The van der Waals surface area contributed by atoms with Crippen LogP contribution in [-0.2, 0) is 11.3 Å². The van der Waals surface area contributed by atoms with Crippen molar-refractivity contribution in [2.45, 2.75) is 59.0 Å². The fourth-order valence-corrected chi connectivity index (χ4v) is 4.37. The minimum absolute atomic E-state index is 0.0317. The summed E-state index contributed by atoms with van der Waals surface area (Å²) in [4.78, 5) is 27.2. The van der Waals surface area contributed by atoms with Crippen molar-refractivity contribution in [2.24, 2.45) is 5.92 Å². The molecule has 0 bridgehead atoms. The van der Waals surface area contributed by atoms with E-state index in [-0.39, 0.29) is 17.9 Å². The van der Waals surface area contributed by atoms with Crippen LogP contribution in [0.25, 0.3) is 0 Å². The Morgan fingerprint density at radius 3 is 2.73 bits per heavy atom. The Balaban J connectivity index is 1.57. The van der Waals surface area contributed by atoms with E-state index in [4.69, 9.17) is 0 Å². The van der Waals surface area contributed by atoms with Crippen LogP contribution >= 0.6 is 0 Å². The summed E-state index contributed by atoms with van der Waals surface area (Å²) < 4.78 is 2.18. The molecule has 2 N–H and O–H groups in total. The zero-order valence-electron chi connectivity index (χ0n) is 16.3. The van der Waals surface area contributed by atoms with Gasteiger partial charge in [-0.2, -0.15) is 0 Å². The molecule has 144 valence electrons. The maximum atomic E-state index is 13.0. The molecule has 2 fully saturated rings. The number of hydrogen-bond acceptors (Lipinski definition) is 3. The molecule has 2 amide bonds. The Kier molecular flexibility index (Phi) is 6.01. The number of aromatic nitrogens is 1. The van der Waals surface area contributed by atoms with Crippen molar-refractivity contribution < 1.29 is 9.59 Å². The number of amides is 2. The highest BCUT2D eigenvalue weighted by Gasteiger charge is 2.28. The monoisotopic (exact) mass is 360 g/mol. The predicted octanol–water partition coefficient (Wildman–Crippen LogP) is 1.85. The smallest absolute Gasteiger partial charge is 0.255 e. The van der Waals surface area contributed by atoms with Gasteiger partial charge in [0, 0.05) is 37.6 Å².